The Bertz CT molecular complexity index is 2750. The smallest absolute Gasteiger partial charge is 0.160 e. The van der Waals surface area contributed by atoms with Crippen molar-refractivity contribution in [2.75, 3.05) is 13.7 Å². The van der Waals surface area contributed by atoms with E-state index in [2.05, 4.69) is 47.5 Å². The van der Waals surface area contributed by atoms with Crippen molar-refractivity contribution < 1.29 is 40.2 Å². The number of aromatic hydroxyl groups is 3. The van der Waals surface area contributed by atoms with Crippen molar-refractivity contribution in [2.24, 2.45) is 52.3 Å². The van der Waals surface area contributed by atoms with Crippen LogP contribution in [0.4, 0.5) is 0 Å². The lowest BCUT2D eigenvalue weighted by atomic mass is 9.24. The Balaban J connectivity index is 1.06. The van der Waals surface area contributed by atoms with Crippen LogP contribution in [0.2, 0.25) is 0 Å². The first-order chi connectivity index (χ1) is 31.9. The summed E-state index contributed by atoms with van der Waals surface area (Å²) >= 11 is 0. The highest BCUT2D eigenvalue weighted by atomic mass is 16.5. The minimum absolute atomic E-state index is 0.00941. The monoisotopic (exact) mass is 887 g/mol. The van der Waals surface area contributed by atoms with E-state index in [1.54, 1.807) is 6.07 Å². The van der Waals surface area contributed by atoms with E-state index < -0.39 is 34.5 Å². The fourth-order valence-electron chi connectivity index (χ4n) is 18.2. The summed E-state index contributed by atoms with van der Waals surface area (Å²) in [5.41, 5.74) is 4.24. The first kappa shape index (κ1) is 41.3. The molecule has 15 unspecified atom stereocenters. The lowest BCUT2D eigenvalue weighted by Gasteiger charge is -2.81. The average molecular weight is 888 g/mol. The number of piperidine rings is 1. The number of aliphatic hydroxyl groups excluding tert-OH is 2. The van der Waals surface area contributed by atoms with Gasteiger partial charge in [0.05, 0.1) is 25.4 Å². The number of rotatable bonds is 5. The van der Waals surface area contributed by atoms with E-state index in [4.69, 9.17) is 4.74 Å². The van der Waals surface area contributed by atoms with Crippen LogP contribution in [0, 0.1) is 64.1 Å². The SMILES string of the molecule is COc1cc(C2CC(=O)CC3(O)CCC45CC6C=C7C=CC(O)CC7C7=CC8CCCC89CC76C6CC9c7cc(O)c(O)cc7C64C3C(C#CC2Cc2ccccc2)CN5)c(CO)cc1O. The number of fused-ring (bicyclic) bond motifs is 5. The van der Waals surface area contributed by atoms with Gasteiger partial charge in [0, 0.05) is 65.3 Å². The Morgan fingerprint density at radius 3 is 2.58 bits per heavy atom. The zero-order chi connectivity index (χ0) is 45.1. The fourth-order valence-corrected chi connectivity index (χ4v) is 18.2. The molecule has 342 valence electrons. The number of phenols is 3. The van der Waals surface area contributed by atoms with Gasteiger partial charge in [0.1, 0.15) is 5.78 Å². The molecule has 9 nitrogen and oxygen atoms in total. The number of ether oxygens (including phenoxy) is 1. The number of allylic oxidation sites excluding steroid dienone is 5. The first-order valence-corrected chi connectivity index (χ1v) is 24.8. The number of ketones is 1. The second-order valence-corrected chi connectivity index (χ2v) is 22.5. The van der Waals surface area contributed by atoms with Crippen molar-refractivity contribution in [3.8, 4) is 34.8 Å². The number of methoxy groups -OCH3 is 1. The third-order valence-electron chi connectivity index (χ3n) is 20.2. The molecule has 0 aromatic heterocycles. The van der Waals surface area contributed by atoms with Gasteiger partial charge in [0.2, 0.25) is 0 Å². The Hall–Kier alpha value is -4.85. The van der Waals surface area contributed by atoms with Gasteiger partial charge in [-0.2, -0.15) is 0 Å². The fraction of sp³-hybridized carbons (Fsp3) is 0.526. The van der Waals surface area contributed by atoms with Crippen LogP contribution in [0.25, 0.3) is 0 Å². The number of carbonyl (C=O) groups excluding carboxylic acids is 1. The Kier molecular flexibility index (Phi) is 8.84. The predicted octanol–water partition coefficient (Wildman–Crippen LogP) is 7.77. The number of Topliss-reactive ketones (excluding diaryl/α,β-unsaturated/α-hetero) is 1. The zero-order valence-corrected chi connectivity index (χ0v) is 37.7. The number of hydrogen-bond acceptors (Lipinski definition) is 9. The van der Waals surface area contributed by atoms with Gasteiger partial charge in [0.25, 0.3) is 0 Å². The third kappa shape index (κ3) is 5.20. The second kappa shape index (κ2) is 14.1. The molecule has 9 aliphatic carbocycles. The lowest BCUT2D eigenvalue weighted by Crippen LogP contribution is -2.85. The average Bonchev–Trinajstić information content (AvgIpc) is 3.71. The van der Waals surface area contributed by atoms with Crippen molar-refractivity contribution >= 4 is 5.78 Å². The van der Waals surface area contributed by atoms with Crippen molar-refractivity contribution in [3.63, 3.8) is 0 Å². The second-order valence-electron chi connectivity index (χ2n) is 22.5. The topological polar surface area (TPSA) is 160 Å². The molecular weight excluding hydrogens is 827 g/mol. The Morgan fingerprint density at radius 2 is 1.76 bits per heavy atom. The minimum atomic E-state index is -1.45. The molecule has 0 radical (unpaired) electrons. The molecule has 1 aliphatic heterocycles. The molecule has 15 atom stereocenters. The largest absolute Gasteiger partial charge is 0.504 e. The summed E-state index contributed by atoms with van der Waals surface area (Å²) in [6.07, 6.45) is 17.3. The zero-order valence-electron chi connectivity index (χ0n) is 37.7. The first-order valence-electron chi connectivity index (χ1n) is 24.8. The van der Waals surface area contributed by atoms with Crippen molar-refractivity contribution in [2.45, 2.75) is 118 Å². The summed E-state index contributed by atoms with van der Waals surface area (Å²) in [7, 11) is 1.49. The molecule has 3 aromatic rings. The van der Waals surface area contributed by atoms with Gasteiger partial charge in [-0.25, -0.2) is 0 Å². The highest BCUT2D eigenvalue weighted by molar-refractivity contribution is 5.81. The van der Waals surface area contributed by atoms with Crippen molar-refractivity contribution in [1.29, 1.82) is 0 Å². The van der Waals surface area contributed by atoms with Gasteiger partial charge in [-0.1, -0.05) is 78.5 Å². The van der Waals surface area contributed by atoms with Gasteiger partial charge in [0.15, 0.2) is 23.0 Å². The summed E-state index contributed by atoms with van der Waals surface area (Å²) in [4.78, 5) is 15.3. The van der Waals surface area contributed by atoms with Crippen LogP contribution in [0.1, 0.15) is 110 Å². The summed E-state index contributed by atoms with van der Waals surface area (Å²) in [6.45, 7) is 0.188. The Labute approximate surface area is 386 Å². The van der Waals surface area contributed by atoms with Crippen molar-refractivity contribution in [3.05, 3.63) is 118 Å². The summed E-state index contributed by atoms with van der Waals surface area (Å²) in [5.74, 6) is 6.76. The number of carbonyl (C=O) groups is 1. The maximum Gasteiger partial charge on any atom is 0.160 e. The van der Waals surface area contributed by atoms with Gasteiger partial charge in [-0.05, 0) is 145 Å². The van der Waals surface area contributed by atoms with Crippen LogP contribution in [-0.2, 0) is 23.2 Å². The van der Waals surface area contributed by atoms with Crippen LogP contribution in [0.15, 0.2) is 90.0 Å². The van der Waals surface area contributed by atoms with Gasteiger partial charge in [-0.3, -0.25) is 4.79 Å². The molecule has 9 heteroatoms. The molecule has 0 amide bonds. The Morgan fingerprint density at radius 1 is 0.924 bits per heavy atom. The van der Waals surface area contributed by atoms with Crippen LogP contribution in [-0.4, -0.2) is 67.3 Å². The normalized spacial score (nSPS) is 42.8. The van der Waals surface area contributed by atoms with E-state index in [0.29, 0.717) is 49.3 Å². The standard InChI is InChI=1S/C57H61NO8/c1-66-50-23-41(35(29-59)18-49(50)64)40-21-39(61)27-54(65)14-15-55-26-37-17-33-11-12-38(60)20-42(33)45-19-36-8-5-13-53(36)30-56(37,45)51-25-44(53)43-22-47(62)48(63)24-46(43)57(51,55)52(54)34(28-58-55)10-9-32(40)16-31-6-3-2-4-7-31/h2-4,6-7,11-12,17-19,22-24,32,34,36-38,40,42,44,51-52,58-60,62-65H,5,8,13-16,20-21,25-30H2,1H3. The number of hydrogen-bond donors (Lipinski definition) is 7. The maximum atomic E-state index is 15.3. The van der Waals surface area contributed by atoms with Crippen LogP contribution in [0.3, 0.4) is 0 Å². The molecule has 5 fully saturated rings. The summed E-state index contributed by atoms with van der Waals surface area (Å²) in [6, 6.07) is 17.2. The van der Waals surface area contributed by atoms with E-state index >= 15 is 4.79 Å². The van der Waals surface area contributed by atoms with Gasteiger partial charge >= 0.3 is 0 Å². The minimum Gasteiger partial charge on any atom is -0.504 e. The molecule has 66 heavy (non-hydrogen) atoms. The highest BCUT2D eigenvalue weighted by Crippen LogP contribution is 2.85. The lowest BCUT2D eigenvalue weighted by molar-refractivity contribution is -0.245. The van der Waals surface area contributed by atoms with E-state index in [0.717, 1.165) is 55.2 Å². The van der Waals surface area contributed by atoms with Crippen LogP contribution in [0.5, 0.6) is 23.0 Å². The van der Waals surface area contributed by atoms with Gasteiger partial charge in [-0.15, -0.1) is 0 Å². The van der Waals surface area contributed by atoms with Crippen LogP contribution >= 0.6 is 0 Å². The van der Waals surface area contributed by atoms with E-state index in [9.17, 15) is 30.6 Å². The number of phenolic OH excluding ortho intramolecular Hbond substituents is 3. The molecule has 3 spiro atoms. The molecule has 4 saturated carbocycles. The quantitative estimate of drug-likeness (QED) is 0.0773. The van der Waals surface area contributed by atoms with E-state index in [1.165, 1.54) is 24.3 Å². The van der Waals surface area contributed by atoms with E-state index in [-0.39, 0.29) is 94.6 Å². The highest BCUT2D eigenvalue weighted by Gasteiger charge is 2.82. The maximum absolute atomic E-state index is 15.3. The van der Waals surface area contributed by atoms with Gasteiger partial charge < -0.3 is 40.7 Å². The third-order valence-corrected chi connectivity index (χ3v) is 20.2. The molecular formula is C57H61NO8. The number of aliphatic hydroxyl groups is 3. The summed E-state index contributed by atoms with van der Waals surface area (Å²) in [5, 5.41) is 74.5. The molecule has 13 rings (SSSR count). The van der Waals surface area contributed by atoms with Crippen LogP contribution < -0.4 is 10.1 Å². The predicted molar refractivity (Wildman–Crippen MR) is 248 cm³/mol. The number of nitrogens with one attached hydrogen (secondary N) is 1. The molecule has 1 heterocycles. The molecule has 1 saturated heterocycles. The number of benzene rings is 3. The summed E-state index contributed by atoms with van der Waals surface area (Å²) < 4.78 is 5.60. The van der Waals surface area contributed by atoms with Crippen molar-refractivity contribution in [1.82, 2.24) is 5.32 Å². The molecule has 7 N–H and O–H groups in total. The molecule has 3 aromatic carbocycles. The van der Waals surface area contributed by atoms with E-state index in [1.807, 2.05) is 36.4 Å². The molecule has 6 bridgehead atoms. The molecule has 10 aliphatic rings.